The van der Waals surface area contributed by atoms with E-state index in [1.165, 1.54) is 19.3 Å². The molecule has 0 amide bonds. The summed E-state index contributed by atoms with van der Waals surface area (Å²) in [5, 5.41) is 0.537. The molecule has 1 heteroatoms. The molecule has 0 radical (unpaired) electrons. The maximum atomic E-state index is 2.44. The fraction of sp³-hybridized carbons (Fsp3) is 1.00. The van der Waals surface area contributed by atoms with E-state index in [2.05, 4.69) is 41.5 Å². The van der Waals surface area contributed by atoms with Crippen LogP contribution >= 0.6 is 8.58 Å². The van der Waals surface area contributed by atoms with Crippen molar-refractivity contribution in [1.29, 1.82) is 0 Å². The predicted octanol–water partition coefficient (Wildman–Crippen LogP) is 4.92. The van der Waals surface area contributed by atoms with Crippen LogP contribution in [0.3, 0.4) is 0 Å². The summed E-state index contributed by atoms with van der Waals surface area (Å²) in [6, 6.07) is 0. The summed E-state index contributed by atoms with van der Waals surface area (Å²) in [5.74, 6) is 2.86. The lowest BCUT2D eigenvalue weighted by Crippen LogP contribution is -2.31. The van der Waals surface area contributed by atoms with Crippen LogP contribution in [0.25, 0.3) is 0 Å². The van der Waals surface area contributed by atoms with Gasteiger partial charge in [-0.05, 0) is 41.4 Å². The van der Waals surface area contributed by atoms with Crippen LogP contribution in [0, 0.1) is 17.8 Å². The number of rotatable bonds is 2. The second-order valence-electron chi connectivity index (χ2n) is 6.83. The molecule has 0 aromatic carbocycles. The first-order valence-corrected chi connectivity index (χ1v) is 7.65. The Morgan fingerprint density at radius 2 is 1.73 bits per heavy atom. The second kappa shape index (κ2) is 5.17. The summed E-state index contributed by atoms with van der Waals surface area (Å²) in [7, 11) is 1.15. The summed E-state index contributed by atoms with van der Waals surface area (Å²) in [6.07, 6.45) is 4.43. The summed E-state index contributed by atoms with van der Waals surface area (Å²) in [4.78, 5) is 0. The average molecular weight is 228 g/mol. The van der Waals surface area contributed by atoms with E-state index >= 15 is 0 Å². The highest BCUT2D eigenvalue weighted by Gasteiger charge is 2.32. The van der Waals surface area contributed by atoms with Gasteiger partial charge >= 0.3 is 0 Å². The molecule has 0 aromatic rings. The van der Waals surface area contributed by atoms with Crippen LogP contribution in [0.4, 0.5) is 0 Å². The Morgan fingerprint density at radius 3 is 2.20 bits per heavy atom. The molecule has 0 nitrogen and oxygen atoms in total. The molecule has 90 valence electrons. The van der Waals surface area contributed by atoms with Gasteiger partial charge in [-0.15, -0.1) is 8.58 Å². The predicted molar refractivity (Wildman–Crippen MR) is 73.2 cm³/mol. The van der Waals surface area contributed by atoms with Gasteiger partial charge in [0.25, 0.3) is 0 Å². The number of hydrogen-bond acceptors (Lipinski definition) is 0. The van der Waals surface area contributed by atoms with Gasteiger partial charge in [-0.25, -0.2) is 0 Å². The SMILES string of the molecule is CC(C)[C@H]1CC[C@H](C)C[C@@H]1PC(C)(C)C. The molecule has 1 rings (SSSR count). The highest BCUT2D eigenvalue weighted by Crippen LogP contribution is 2.48. The molecule has 0 heterocycles. The Labute approximate surface area is 98.4 Å². The summed E-state index contributed by atoms with van der Waals surface area (Å²) < 4.78 is 0. The molecular weight excluding hydrogens is 199 g/mol. The van der Waals surface area contributed by atoms with E-state index in [-0.39, 0.29) is 0 Å². The lowest BCUT2D eigenvalue weighted by Gasteiger charge is -2.40. The molecule has 1 saturated carbocycles. The van der Waals surface area contributed by atoms with Crippen LogP contribution in [0.1, 0.15) is 60.8 Å². The van der Waals surface area contributed by atoms with E-state index in [1.807, 2.05) is 0 Å². The molecule has 4 atom stereocenters. The lowest BCUT2D eigenvalue weighted by molar-refractivity contribution is 0.241. The highest BCUT2D eigenvalue weighted by atomic mass is 31.1. The first kappa shape index (κ1) is 13.5. The van der Waals surface area contributed by atoms with Crippen molar-refractivity contribution in [2.75, 3.05) is 0 Å². The minimum absolute atomic E-state index is 0.537. The van der Waals surface area contributed by atoms with E-state index in [0.29, 0.717) is 5.16 Å². The smallest absolute Gasteiger partial charge is 0.0199 e. The van der Waals surface area contributed by atoms with Gasteiger partial charge in [0.05, 0.1) is 0 Å². The van der Waals surface area contributed by atoms with Crippen molar-refractivity contribution in [3.63, 3.8) is 0 Å². The molecule has 1 fully saturated rings. The zero-order chi connectivity index (χ0) is 11.6. The molecule has 1 aliphatic carbocycles. The van der Waals surface area contributed by atoms with Crippen LogP contribution in [0.15, 0.2) is 0 Å². The Bertz CT molecular complexity index is 190. The van der Waals surface area contributed by atoms with E-state index in [9.17, 15) is 0 Å². The molecule has 15 heavy (non-hydrogen) atoms. The third-order valence-corrected chi connectivity index (χ3v) is 5.54. The lowest BCUT2D eigenvalue weighted by atomic mass is 9.77. The fourth-order valence-electron chi connectivity index (χ4n) is 2.92. The molecule has 0 bridgehead atoms. The highest BCUT2D eigenvalue weighted by molar-refractivity contribution is 7.40. The minimum atomic E-state index is 0.537. The van der Waals surface area contributed by atoms with E-state index < -0.39 is 0 Å². The van der Waals surface area contributed by atoms with Crippen LogP contribution in [-0.2, 0) is 0 Å². The monoisotopic (exact) mass is 228 g/mol. The maximum Gasteiger partial charge on any atom is -0.0199 e. The minimum Gasteiger partial charge on any atom is -0.113 e. The average Bonchev–Trinajstić information content (AvgIpc) is 1.99. The summed E-state index contributed by atoms with van der Waals surface area (Å²) in [6.45, 7) is 14.5. The van der Waals surface area contributed by atoms with Gasteiger partial charge in [0, 0.05) is 0 Å². The van der Waals surface area contributed by atoms with Gasteiger partial charge in [-0.3, -0.25) is 0 Å². The maximum absolute atomic E-state index is 2.44. The Balaban J connectivity index is 2.62. The molecule has 0 saturated heterocycles. The van der Waals surface area contributed by atoms with Crippen molar-refractivity contribution in [3.05, 3.63) is 0 Å². The third kappa shape index (κ3) is 4.43. The Kier molecular flexibility index (Phi) is 4.65. The zero-order valence-corrected chi connectivity index (χ0v) is 12.4. The van der Waals surface area contributed by atoms with Crippen molar-refractivity contribution in [3.8, 4) is 0 Å². The van der Waals surface area contributed by atoms with Crippen molar-refractivity contribution < 1.29 is 0 Å². The van der Waals surface area contributed by atoms with Crippen LogP contribution in [0.2, 0.25) is 0 Å². The van der Waals surface area contributed by atoms with Gasteiger partial charge in [0.2, 0.25) is 0 Å². The van der Waals surface area contributed by atoms with Gasteiger partial charge in [0.15, 0.2) is 0 Å². The molecule has 1 aliphatic rings. The molecule has 0 aromatic heterocycles. The Hall–Kier alpha value is 0.430. The quantitative estimate of drug-likeness (QED) is 0.588. The molecular formula is C14H29P. The standard InChI is InChI=1S/C14H29P/c1-10(2)12-8-7-11(3)9-13(12)15-14(4,5)6/h10-13,15H,7-9H2,1-6H3/t11-,12+,13-/m0/s1. The first-order chi connectivity index (χ1) is 6.79. The number of hydrogen-bond donors (Lipinski definition) is 0. The second-order valence-corrected chi connectivity index (χ2v) is 9.36. The van der Waals surface area contributed by atoms with Gasteiger partial charge in [0.1, 0.15) is 0 Å². The normalized spacial score (nSPS) is 34.2. The van der Waals surface area contributed by atoms with E-state index in [1.54, 1.807) is 0 Å². The van der Waals surface area contributed by atoms with Crippen molar-refractivity contribution in [1.82, 2.24) is 0 Å². The van der Waals surface area contributed by atoms with E-state index in [4.69, 9.17) is 0 Å². The van der Waals surface area contributed by atoms with Gasteiger partial charge < -0.3 is 0 Å². The van der Waals surface area contributed by atoms with Crippen molar-refractivity contribution >= 4 is 8.58 Å². The van der Waals surface area contributed by atoms with Crippen molar-refractivity contribution in [2.24, 2.45) is 17.8 Å². The van der Waals surface area contributed by atoms with Gasteiger partial charge in [-0.1, -0.05) is 48.0 Å². The molecule has 0 N–H and O–H groups in total. The Morgan fingerprint density at radius 1 is 1.13 bits per heavy atom. The molecule has 0 spiro atoms. The topological polar surface area (TPSA) is 0 Å². The van der Waals surface area contributed by atoms with Crippen LogP contribution in [-0.4, -0.2) is 10.8 Å². The van der Waals surface area contributed by atoms with Crippen molar-refractivity contribution in [2.45, 2.75) is 71.6 Å². The first-order valence-electron chi connectivity index (χ1n) is 6.57. The summed E-state index contributed by atoms with van der Waals surface area (Å²) in [5.41, 5.74) is 1.01. The van der Waals surface area contributed by atoms with Crippen LogP contribution in [0.5, 0.6) is 0 Å². The van der Waals surface area contributed by atoms with E-state index in [0.717, 1.165) is 32.0 Å². The molecule has 1 unspecified atom stereocenters. The fourth-order valence-corrected chi connectivity index (χ4v) is 5.32. The van der Waals surface area contributed by atoms with Crippen LogP contribution < -0.4 is 0 Å². The molecule has 0 aliphatic heterocycles. The zero-order valence-electron chi connectivity index (χ0n) is 11.4. The largest absolute Gasteiger partial charge is 0.113 e. The summed E-state index contributed by atoms with van der Waals surface area (Å²) >= 11 is 0. The third-order valence-electron chi connectivity index (χ3n) is 3.64. The van der Waals surface area contributed by atoms with Gasteiger partial charge in [-0.2, -0.15) is 0 Å².